The molecule has 0 radical (unpaired) electrons. The molecule has 4 rings (SSSR count). The van der Waals surface area contributed by atoms with E-state index in [4.69, 9.17) is 4.74 Å². The van der Waals surface area contributed by atoms with Gasteiger partial charge >= 0.3 is 5.97 Å². The van der Waals surface area contributed by atoms with Gasteiger partial charge in [0.05, 0.1) is 10.2 Å². The lowest BCUT2D eigenvalue weighted by Crippen LogP contribution is -2.18. The minimum atomic E-state index is -0.515. The number of para-hydroxylation sites is 1. The number of fused-ring (bicyclic) bond motifs is 2. The van der Waals surface area contributed by atoms with Gasteiger partial charge in [0.25, 0.3) is 5.56 Å². The number of hydrogen-bond donors (Lipinski definition) is 1. The summed E-state index contributed by atoms with van der Waals surface area (Å²) in [6.07, 6.45) is 0. The maximum absolute atomic E-state index is 12.4. The molecule has 4 aromatic rings. The van der Waals surface area contributed by atoms with Gasteiger partial charge in [0, 0.05) is 22.7 Å². The van der Waals surface area contributed by atoms with Crippen LogP contribution < -0.4 is 5.56 Å². The standard InChI is InChI=1S/C19H14BrN3O3/c1-11-5-4-8-15-21-12(9-16(24)23(11)15)10-26-19(25)18-17(20)13-6-2-3-7-14(13)22-18/h2-9,22H,10H2,1H3. The van der Waals surface area contributed by atoms with Crippen molar-refractivity contribution >= 4 is 38.4 Å². The highest BCUT2D eigenvalue weighted by Crippen LogP contribution is 2.28. The first-order valence-electron chi connectivity index (χ1n) is 7.96. The lowest BCUT2D eigenvalue weighted by molar-refractivity contribution is 0.0460. The van der Waals surface area contributed by atoms with Crippen LogP contribution in [0.2, 0.25) is 0 Å². The van der Waals surface area contributed by atoms with E-state index in [0.29, 0.717) is 21.5 Å². The first kappa shape index (κ1) is 16.5. The molecule has 130 valence electrons. The zero-order valence-electron chi connectivity index (χ0n) is 13.8. The van der Waals surface area contributed by atoms with Gasteiger partial charge in [-0.2, -0.15) is 0 Å². The Bertz CT molecular complexity index is 1210. The van der Waals surface area contributed by atoms with E-state index in [0.717, 1.165) is 16.6 Å². The second-order valence-corrected chi connectivity index (χ2v) is 6.68. The number of pyridine rings is 1. The first-order chi connectivity index (χ1) is 12.5. The van der Waals surface area contributed by atoms with E-state index in [-0.39, 0.29) is 12.2 Å². The summed E-state index contributed by atoms with van der Waals surface area (Å²) < 4.78 is 7.51. The largest absolute Gasteiger partial charge is 0.454 e. The lowest BCUT2D eigenvalue weighted by Gasteiger charge is -2.07. The molecule has 0 saturated carbocycles. The number of nitrogens with one attached hydrogen (secondary N) is 1. The summed E-state index contributed by atoms with van der Waals surface area (Å²) in [5.41, 5.74) is 2.69. The van der Waals surface area contributed by atoms with E-state index in [9.17, 15) is 9.59 Å². The zero-order valence-corrected chi connectivity index (χ0v) is 15.4. The number of nitrogens with zero attached hydrogens (tertiary/aromatic N) is 2. The van der Waals surface area contributed by atoms with Crippen LogP contribution in [0.3, 0.4) is 0 Å². The summed E-state index contributed by atoms with van der Waals surface area (Å²) in [4.78, 5) is 32.1. The summed E-state index contributed by atoms with van der Waals surface area (Å²) in [5, 5.41) is 0.900. The van der Waals surface area contributed by atoms with Crippen molar-refractivity contribution in [2.75, 3.05) is 0 Å². The summed E-state index contributed by atoms with van der Waals surface area (Å²) >= 11 is 3.43. The van der Waals surface area contributed by atoms with Crippen LogP contribution in [0.25, 0.3) is 16.6 Å². The molecule has 3 aromatic heterocycles. The average Bonchev–Trinajstić information content (AvgIpc) is 2.97. The third-order valence-electron chi connectivity index (χ3n) is 4.13. The van der Waals surface area contributed by atoms with Gasteiger partial charge in [-0.05, 0) is 41.1 Å². The van der Waals surface area contributed by atoms with Crippen LogP contribution in [0.1, 0.15) is 21.9 Å². The van der Waals surface area contributed by atoms with Crippen molar-refractivity contribution in [3.05, 3.63) is 80.4 Å². The number of halogens is 1. The number of H-pyrrole nitrogens is 1. The number of esters is 1. The first-order valence-corrected chi connectivity index (χ1v) is 8.75. The molecule has 7 heteroatoms. The number of hydrogen-bond acceptors (Lipinski definition) is 4. The molecule has 1 N–H and O–H groups in total. The Hall–Kier alpha value is -2.93. The Balaban J connectivity index is 1.60. The van der Waals surface area contributed by atoms with E-state index in [1.807, 2.05) is 43.3 Å². The number of aromatic nitrogens is 3. The average molecular weight is 412 g/mol. The number of carbonyl (C=O) groups is 1. The van der Waals surface area contributed by atoms with Crippen molar-refractivity contribution in [3.8, 4) is 0 Å². The van der Waals surface area contributed by atoms with Crippen LogP contribution in [0, 0.1) is 6.92 Å². The summed E-state index contributed by atoms with van der Waals surface area (Å²) in [6.45, 7) is 1.75. The van der Waals surface area contributed by atoms with Gasteiger partial charge in [-0.1, -0.05) is 24.3 Å². The fraction of sp³-hybridized carbons (Fsp3) is 0.105. The van der Waals surface area contributed by atoms with Crippen LogP contribution in [0.5, 0.6) is 0 Å². The van der Waals surface area contributed by atoms with Crippen molar-refractivity contribution in [2.45, 2.75) is 13.5 Å². The molecule has 0 spiro atoms. The molecule has 1 aromatic carbocycles. The van der Waals surface area contributed by atoms with Crippen LogP contribution in [-0.2, 0) is 11.3 Å². The van der Waals surface area contributed by atoms with Gasteiger partial charge in [0.1, 0.15) is 17.9 Å². The Labute approximate surface area is 156 Å². The second kappa shape index (κ2) is 6.42. The molecule has 3 heterocycles. The molecular weight excluding hydrogens is 398 g/mol. The molecule has 0 unspecified atom stereocenters. The highest BCUT2D eigenvalue weighted by atomic mass is 79.9. The van der Waals surface area contributed by atoms with Gasteiger partial charge in [-0.15, -0.1) is 0 Å². The molecule has 0 atom stereocenters. The Morgan fingerprint density at radius 1 is 1.23 bits per heavy atom. The quantitative estimate of drug-likeness (QED) is 0.522. The van der Waals surface area contributed by atoms with Crippen LogP contribution in [-0.4, -0.2) is 20.3 Å². The number of rotatable bonds is 3. The smallest absolute Gasteiger partial charge is 0.356 e. The predicted octanol–water partition coefficient (Wildman–Crippen LogP) is 3.60. The summed E-state index contributed by atoms with van der Waals surface area (Å²) in [7, 11) is 0. The molecule has 0 bridgehead atoms. The van der Waals surface area contributed by atoms with Crippen LogP contribution in [0.4, 0.5) is 0 Å². The highest BCUT2D eigenvalue weighted by Gasteiger charge is 2.17. The topological polar surface area (TPSA) is 76.5 Å². The SMILES string of the molecule is Cc1cccc2nc(COC(=O)c3[nH]c4ccccc4c3Br)cc(=O)n12. The molecule has 6 nitrogen and oxygen atoms in total. The number of aryl methyl sites for hydroxylation is 1. The van der Waals surface area contributed by atoms with Crippen molar-refractivity contribution in [2.24, 2.45) is 0 Å². The minimum Gasteiger partial charge on any atom is -0.454 e. The summed E-state index contributed by atoms with van der Waals surface area (Å²) in [6, 6.07) is 14.4. The van der Waals surface area contributed by atoms with Crippen molar-refractivity contribution < 1.29 is 9.53 Å². The molecule has 0 amide bonds. The number of ether oxygens (including phenoxy) is 1. The zero-order chi connectivity index (χ0) is 18.3. The molecule has 0 aliphatic carbocycles. The van der Waals surface area contributed by atoms with E-state index in [1.165, 1.54) is 10.5 Å². The van der Waals surface area contributed by atoms with E-state index < -0.39 is 5.97 Å². The van der Waals surface area contributed by atoms with E-state index in [1.54, 1.807) is 6.07 Å². The number of carbonyl (C=O) groups excluding carboxylic acids is 1. The molecule has 0 aliphatic rings. The third-order valence-corrected chi connectivity index (χ3v) is 4.95. The molecule has 26 heavy (non-hydrogen) atoms. The Morgan fingerprint density at radius 3 is 2.85 bits per heavy atom. The van der Waals surface area contributed by atoms with Crippen molar-refractivity contribution in [3.63, 3.8) is 0 Å². The fourth-order valence-electron chi connectivity index (χ4n) is 2.90. The maximum atomic E-state index is 12.4. The van der Waals surface area contributed by atoms with Crippen LogP contribution >= 0.6 is 15.9 Å². The Morgan fingerprint density at radius 2 is 2.04 bits per heavy atom. The summed E-state index contributed by atoms with van der Waals surface area (Å²) in [5.74, 6) is -0.515. The molecule has 0 saturated heterocycles. The van der Waals surface area contributed by atoms with Crippen molar-refractivity contribution in [1.29, 1.82) is 0 Å². The molecule has 0 aliphatic heterocycles. The van der Waals surface area contributed by atoms with Crippen molar-refractivity contribution in [1.82, 2.24) is 14.4 Å². The highest BCUT2D eigenvalue weighted by molar-refractivity contribution is 9.10. The van der Waals surface area contributed by atoms with Gasteiger partial charge in [0.15, 0.2) is 0 Å². The van der Waals surface area contributed by atoms with Gasteiger partial charge in [0.2, 0.25) is 0 Å². The number of aromatic amines is 1. The Kier molecular flexibility index (Phi) is 4.08. The minimum absolute atomic E-state index is 0.0830. The second-order valence-electron chi connectivity index (χ2n) is 5.88. The third kappa shape index (κ3) is 2.80. The molecular formula is C19H14BrN3O3. The van der Waals surface area contributed by atoms with Gasteiger partial charge in [-0.25, -0.2) is 9.78 Å². The van der Waals surface area contributed by atoms with Crippen LogP contribution in [0.15, 0.2) is 57.8 Å². The van der Waals surface area contributed by atoms with Gasteiger partial charge in [-0.3, -0.25) is 9.20 Å². The lowest BCUT2D eigenvalue weighted by atomic mass is 10.2. The number of benzene rings is 1. The van der Waals surface area contributed by atoms with E-state index in [2.05, 4.69) is 25.9 Å². The molecule has 0 fully saturated rings. The monoisotopic (exact) mass is 411 g/mol. The predicted molar refractivity (Wildman–Crippen MR) is 101 cm³/mol. The van der Waals surface area contributed by atoms with Gasteiger partial charge < -0.3 is 9.72 Å². The fourth-order valence-corrected chi connectivity index (χ4v) is 3.50. The van der Waals surface area contributed by atoms with E-state index >= 15 is 0 Å². The maximum Gasteiger partial charge on any atom is 0.356 e. The normalized spacial score (nSPS) is 11.2.